The molecular weight excluding hydrogens is 387 g/mol. The Labute approximate surface area is 172 Å². The van der Waals surface area contributed by atoms with E-state index >= 15 is 0 Å². The minimum atomic E-state index is -0.976. The number of phenols is 1. The van der Waals surface area contributed by atoms with E-state index in [1.54, 1.807) is 30.3 Å². The molecule has 2 fully saturated rings. The molecule has 8 nitrogen and oxygen atoms in total. The maximum Gasteiger partial charge on any atom is 0.258 e. The number of nitrogens with zero attached hydrogens (tertiary/aromatic N) is 5. The van der Waals surface area contributed by atoms with Gasteiger partial charge in [-0.25, -0.2) is 9.37 Å². The summed E-state index contributed by atoms with van der Waals surface area (Å²) in [4.78, 5) is 18.6. The van der Waals surface area contributed by atoms with E-state index in [4.69, 9.17) is 0 Å². The van der Waals surface area contributed by atoms with Gasteiger partial charge in [-0.3, -0.25) is 4.79 Å². The van der Waals surface area contributed by atoms with Crippen molar-refractivity contribution < 1.29 is 9.50 Å². The van der Waals surface area contributed by atoms with Gasteiger partial charge in [0.25, 0.3) is 5.56 Å². The second-order valence-corrected chi connectivity index (χ2v) is 8.23. The van der Waals surface area contributed by atoms with Gasteiger partial charge >= 0.3 is 0 Å². The maximum atomic E-state index is 14.9. The van der Waals surface area contributed by atoms with E-state index in [2.05, 4.69) is 20.5 Å². The van der Waals surface area contributed by atoms with Gasteiger partial charge < -0.3 is 19.9 Å². The molecule has 2 unspecified atom stereocenters. The highest BCUT2D eigenvalue weighted by atomic mass is 19.1. The smallest absolute Gasteiger partial charge is 0.258 e. The summed E-state index contributed by atoms with van der Waals surface area (Å²) in [6.07, 6.45) is 4.78. The van der Waals surface area contributed by atoms with Gasteiger partial charge in [0.15, 0.2) is 11.6 Å². The van der Waals surface area contributed by atoms with E-state index in [0.29, 0.717) is 34.6 Å². The molecule has 156 valence electrons. The van der Waals surface area contributed by atoms with Gasteiger partial charge in [-0.05, 0) is 42.8 Å². The zero-order valence-electron chi connectivity index (χ0n) is 16.8. The van der Waals surface area contributed by atoms with E-state index in [9.17, 15) is 14.3 Å². The summed E-state index contributed by atoms with van der Waals surface area (Å²) < 4.78 is 16.3. The molecule has 2 aromatic heterocycles. The van der Waals surface area contributed by atoms with Crippen LogP contribution in [0, 0.1) is 0 Å². The van der Waals surface area contributed by atoms with Crippen LogP contribution in [0.2, 0.25) is 0 Å². The zero-order valence-corrected chi connectivity index (χ0v) is 16.8. The minimum absolute atomic E-state index is 0.0302. The number of aromatic hydroxyl groups is 1. The first kappa shape index (κ1) is 18.9. The molecule has 0 saturated carbocycles. The lowest BCUT2D eigenvalue weighted by molar-refractivity contribution is 0.176. The van der Waals surface area contributed by atoms with Gasteiger partial charge in [-0.2, -0.15) is 0 Å². The third-order valence-electron chi connectivity index (χ3n) is 6.40. The van der Waals surface area contributed by atoms with Gasteiger partial charge in [0.05, 0.1) is 17.8 Å². The third kappa shape index (κ3) is 3.00. The first-order valence-electron chi connectivity index (χ1n) is 10.1. The largest absolute Gasteiger partial charge is 0.507 e. The van der Waals surface area contributed by atoms with Crippen molar-refractivity contribution in [3.63, 3.8) is 0 Å². The summed E-state index contributed by atoms with van der Waals surface area (Å²) in [5, 5.41) is 23.2. The Morgan fingerprint density at radius 3 is 2.90 bits per heavy atom. The summed E-state index contributed by atoms with van der Waals surface area (Å²) in [6.45, 7) is 0. The first-order chi connectivity index (χ1) is 14.4. The standard InChI is InChI=1S/C21H23FN6O2/c1-27-6-5-11-7-17(29)14(9-13(11)21(27)30)20-23-10-18(25-26-20)28(2)16-8-12-3-4-15(24-12)19(16)22/h5-7,9-10,12,15-16,19,24,29H,3-4,8H2,1-2H3/t12?,15?,16-,19+/m1/s1. The number of piperidine rings is 1. The molecule has 5 rings (SSSR count). The minimum Gasteiger partial charge on any atom is -0.507 e. The average Bonchev–Trinajstić information content (AvgIpc) is 3.16. The molecule has 30 heavy (non-hydrogen) atoms. The van der Waals surface area contributed by atoms with E-state index in [-0.39, 0.29) is 29.2 Å². The molecule has 0 aliphatic carbocycles. The van der Waals surface area contributed by atoms with Crippen LogP contribution in [0.5, 0.6) is 5.75 Å². The molecule has 2 bridgehead atoms. The normalized spacial score (nSPS) is 25.6. The average molecular weight is 410 g/mol. The molecule has 3 aromatic rings. The molecule has 2 aliphatic rings. The zero-order chi connectivity index (χ0) is 21.0. The van der Waals surface area contributed by atoms with E-state index in [0.717, 1.165) is 12.8 Å². The second-order valence-electron chi connectivity index (χ2n) is 8.23. The number of alkyl halides is 1. The number of aromatic nitrogens is 4. The highest BCUT2D eigenvalue weighted by Crippen LogP contribution is 2.34. The number of benzene rings is 1. The molecule has 0 amide bonds. The van der Waals surface area contributed by atoms with Crippen molar-refractivity contribution in [2.75, 3.05) is 11.9 Å². The molecule has 2 aliphatic heterocycles. The van der Waals surface area contributed by atoms with E-state index < -0.39 is 6.17 Å². The van der Waals surface area contributed by atoms with Crippen LogP contribution in [0.15, 0.2) is 35.4 Å². The molecule has 4 atom stereocenters. The van der Waals surface area contributed by atoms with Gasteiger partial charge in [-0.15, -0.1) is 10.2 Å². The van der Waals surface area contributed by atoms with Gasteiger partial charge in [-0.1, -0.05) is 0 Å². The lowest BCUT2D eigenvalue weighted by Crippen LogP contribution is -2.55. The highest BCUT2D eigenvalue weighted by molar-refractivity contribution is 5.88. The third-order valence-corrected chi connectivity index (χ3v) is 6.40. The Kier molecular flexibility index (Phi) is 4.43. The van der Waals surface area contributed by atoms with E-state index in [1.807, 2.05) is 7.05 Å². The van der Waals surface area contributed by atoms with E-state index in [1.165, 1.54) is 16.8 Å². The van der Waals surface area contributed by atoms with Crippen molar-refractivity contribution >= 4 is 16.6 Å². The number of halogens is 1. The number of phenolic OH excluding ortho intramolecular Hbond substituents is 1. The SMILES string of the molecule is CN(c1cnc(-c2cc3c(=O)n(C)ccc3cc2O)nn1)[C@@H]1CC2CCC(N2)[C@@H]1F. The fourth-order valence-electron chi connectivity index (χ4n) is 4.63. The Hall–Kier alpha value is -3.07. The second kappa shape index (κ2) is 7.02. The van der Waals surface area contributed by atoms with Crippen LogP contribution < -0.4 is 15.8 Å². The van der Waals surface area contributed by atoms with Crippen molar-refractivity contribution in [2.45, 2.75) is 43.6 Å². The van der Waals surface area contributed by atoms with Crippen LogP contribution in [-0.2, 0) is 7.05 Å². The van der Waals surface area contributed by atoms with Gasteiger partial charge in [0.1, 0.15) is 11.9 Å². The molecule has 2 N–H and O–H groups in total. The lowest BCUT2D eigenvalue weighted by Gasteiger charge is -2.38. The summed E-state index contributed by atoms with van der Waals surface area (Å²) >= 11 is 0. The predicted octanol–water partition coefficient (Wildman–Crippen LogP) is 1.76. The Morgan fingerprint density at radius 2 is 2.13 bits per heavy atom. The molecule has 0 spiro atoms. The van der Waals surface area contributed by atoms with Gasteiger partial charge in [0, 0.05) is 37.8 Å². The predicted molar refractivity (Wildman–Crippen MR) is 111 cm³/mol. The number of pyridine rings is 1. The number of aryl methyl sites for hydroxylation is 1. The Balaban J connectivity index is 1.46. The van der Waals surface area contributed by atoms with Crippen molar-refractivity contribution in [1.82, 2.24) is 25.1 Å². The van der Waals surface area contributed by atoms with Crippen LogP contribution in [0.25, 0.3) is 22.2 Å². The number of hydrogen-bond donors (Lipinski definition) is 2. The monoisotopic (exact) mass is 410 g/mol. The Bertz CT molecular complexity index is 1160. The molecule has 1 aromatic carbocycles. The number of fused-ring (bicyclic) bond motifs is 3. The number of hydrogen-bond acceptors (Lipinski definition) is 7. The van der Waals surface area contributed by atoms with Crippen LogP contribution in [0.3, 0.4) is 0 Å². The van der Waals surface area contributed by atoms with Crippen molar-refractivity contribution in [3.8, 4) is 17.1 Å². The fraction of sp³-hybridized carbons (Fsp3) is 0.429. The maximum absolute atomic E-state index is 14.9. The van der Waals surface area contributed by atoms with Crippen LogP contribution in [0.4, 0.5) is 10.2 Å². The molecule has 4 heterocycles. The van der Waals surface area contributed by atoms with Crippen LogP contribution >= 0.6 is 0 Å². The number of anilines is 1. The molecule has 0 radical (unpaired) electrons. The Morgan fingerprint density at radius 1 is 1.30 bits per heavy atom. The molecular formula is C21H23FN6O2. The van der Waals surface area contributed by atoms with Crippen molar-refractivity contribution in [3.05, 3.63) is 40.9 Å². The molecule has 9 heteroatoms. The van der Waals surface area contributed by atoms with Crippen molar-refractivity contribution in [2.24, 2.45) is 7.05 Å². The van der Waals surface area contributed by atoms with Crippen LogP contribution in [-0.4, -0.2) is 56.2 Å². The van der Waals surface area contributed by atoms with Crippen LogP contribution in [0.1, 0.15) is 19.3 Å². The van der Waals surface area contributed by atoms with Gasteiger partial charge in [0.2, 0.25) is 0 Å². The number of nitrogens with one attached hydrogen (secondary N) is 1. The van der Waals surface area contributed by atoms with Crippen molar-refractivity contribution in [1.29, 1.82) is 0 Å². The molecule has 2 saturated heterocycles. The summed E-state index contributed by atoms with van der Waals surface area (Å²) in [5.74, 6) is 0.654. The first-order valence-corrected chi connectivity index (χ1v) is 10.1. The number of rotatable bonds is 3. The summed E-state index contributed by atoms with van der Waals surface area (Å²) in [5.41, 5.74) is 0.156. The summed E-state index contributed by atoms with van der Waals surface area (Å²) in [7, 11) is 3.48. The quantitative estimate of drug-likeness (QED) is 0.679. The fourth-order valence-corrected chi connectivity index (χ4v) is 4.63. The summed E-state index contributed by atoms with van der Waals surface area (Å²) in [6, 6.07) is 4.82. The highest BCUT2D eigenvalue weighted by Gasteiger charge is 2.43. The topological polar surface area (TPSA) is 96.2 Å². The lowest BCUT2D eigenvalue weighted by atomic mass is 9.96.